The van der Waals surface area contributed by atoms with E-state index in [9.17, 15) is 4.79 Å². The maximum absolute atomic E-state index is 12.2. The molecule has 0 fully saturated rings. The number of aromatic nitrogens is 4. The number of carbonyl (C=O) groups excluding carboxylic acids is 1. The van der Waals surface area contributed by atoms with Crippen molar-refractivity contribution in [2.75, 3.05) is 0 Å². The average molecular weight is 353 g/mol. The summed E-state index contributed by atoms with van der Waals surface area (Å²) in [4.78, 5) is 20.2. The van der Waals surface area contributed by atoms with Crippen LogP contribution in [-0.4, -0.2) is 31.7 Å². The van der Waals surface area contributed by atoms with Gasteiger partial charge in [0.05, 0.1) is 23.3 Å². The van der Waals surface area contributed by atoms with Crippen LogP contribution in [0.3, 0.4) is 0 Å². The predicted molar refractivity (Wildman–Crippen MR) is 103 cm³/mol. The number of amides is 1. The SMILES string of the molecule is Cc1cc(C)n(C[C@H](C)NC(=O)CCc2nc3cc(C)c(C)cc3[nH]2)n1. The molecule has 0 aliphatic heterocycles. The fourth-order valence-electron chi connectivity index (χ4n) is 3.18. The monoisotopic (exact) mass is 353 g/mol. The second kappa shape index (κ2) is 7.32. The van der Waals surface area contributed by atoms with Crippen LogP contribution in [0.4, 0.5) is 0 Å². The minimum Gasteiger partial charge on any atom is -0.352 e. The fourth-order valence-corrected chi connectivity index (χ4v) is 3.18. The molecule has 0 spiro atoms. The Bertz CT molecular complexity index is 898. The first-order valence-electron chi connectivity index (χ1n) is 9.08. The molecule has 3 aromatic rings. The van der Waals surface area contributed by atoms with Gasteiger partial charge in [-0.2, -0.15) is 5.10 Å². The van der Waals surface area contributed by atoms with Gasteiger partial charge in [0.2, 0.25) is 5.91 Å². The minimum atomic E-state index is 0.0291. The Morgan fingerprint density at radius 2 is 1.92 bits per heavy atom. The van der Waals surface area contributed by atoms with Gasteiger partial charge in [0, 0.05) is 24.6 Å². The van der Waals surface area contributed by atoms with E-state index in [1.165, 1.54) is 11.1 Å². The number of carbonyl (C=O) groups is 1. The molecule has 0 saturated heterocycles. The number of fused-ring (bicyclic) bond motifs is 1. The summed E-state index contributed by atoms with van der Waals surface area (Å²) in [6.07, 6.45) is 1.02. The van der Waals surface area contributed by atoms with Gasteiger partial charge in [0.15, 0.2) is 0 Å². The van der Waals surface area contributed by atoms with Gasteiger partial charge in [0.25, 0.3) is 0 Å². The predicted octanol–water partition coefficient (Wildman–Crippen LogP) is 3.13. The van der Waals surface area contributed by atoms with Crippen LogP contribution in [0.5, 0.6) is 0 Å². The highest BCUT2D eigenvalue weighted by atomic mass is 16.1. The van der Waals surface area contributed by atoms with Gasteiger partial charge in [-0.05, 0) is 63.9 Å². The third-order valence-electron chi connectivity index (χ3n) is 4.69. The number of rotatable bonds is 6. The number of nitrogens with one attached hydrogen (secondary N) is 2. The summed E-state index contributed by atoms with van der Waals surface area (Å²) in [7, 11) is 0. The zero-order valence-corrected chi connectivity index (χ0v) is 16.2. The first-order chi connectivity index (χ1) is 12.3. The Labute approximate surface area is 154 Å². The zero-order chi connectivity index (χ0) is 18.8. The molecule has 1 aromatic carbocycles. The number of benzene rings is 1. The standard InChI is InChI=1S/C20H27N5O/c1-12-8-17-18(9-13(12)2)23-19(22-17)6-7-20(26)21-15(4)11-25-16(5)10-14(3)24-25/h8-10,15H,6-7,11H2,1-5H3,(H,21,26)(H,22,23)/t15-/m0/s1. The highest BCUT2D eigenvalue weighted by Crippen LogP contribution is 2.17. The molecule has 0 radical (unpaired) electrons. The number of aromatic amines is 1. The lowest BCUT2D eigenvalue weighted by molar-refractivity contribution is -0.121. The number of aryl methyl sites for hydroxylation is 5. The summed E-state index contributed by atoms with van der Waals surface area (Å²) in [5.41, 5.74) is 6.56. The molecule has 3 rings (SSSR count). The van der Waals surface area contributed by atoms with Crippen LogP contribution in [-0.2, 0) is 17.8 Å². The molecule has 6 heteroatoms. The van der Waals surface area contributed by atoms with E-state index in [2.05, 4.69) is 46.4 Å². The third-order valence-corrected chi connectivity index (χ3v) is 4.69. The minimum absolute atomic E-state index is 0.0291. The van der Waals surface area contributed by atoms with E-state index in [0.29, 0.717) is 19.4 Å². The van der Waals surface area contributed by atoms with Gasteiger partial charge >= 0.3 is 0 Å². The van der Waals surface area contributed by atoms with Gasteiger partial charge in [-0.15, -0.1) is 0 Å². The van der Waals surface area contributed by atoms with Crippen LogP contribution in [0.1, 0.15) is 41.7 Å². The van der Waals surface area contributed by atoms with Crippen molar-refractivity contribution < 1.29 is 4.79 Å². The summed E-state index contributed by atoms with van der Waals surface area (Å²) in [6, 6.07) is 6.26. The van der Waals surface area contributed by atoms with Gasteiger partial charge in [-0.1, -0.05) is 0 Å². The zero-order valence-electron chi connectivity index (χ0n) is 16.2. The molecule has 2 N–H and O–H groups in total. The van der Waals surface area contributed by atoms with Gasteiger partial charge in [-0.3, -0.25) is 9.48 Å². The van der Waals surface area contributed by atoms with Crippen molar-refractivity contribution in [1.82, 2.24) is 25.1 Å². The number of hydrogen-bond donors (Lipinski definition) is 2. The number of imidazole rings is 1. The van der Waals surface area contributed by atoms with Crippen molar-refractivity contribution in [1.29, 1.82) is 0 Å². The molecular formula is C20H27N5O. The number of nitrogens with zero attached hydrogens (tertiary/aromatic N) is 3. The van der Waals surface area contributed by atoms with E-state index < -0.39 is 0 Å². The molecule has 1 amide bonds. The molecule has 2 aromatic heterocycles. The third kappa shape index (κ3) is 4.12. The summed E-state index contributed by atoms with van der Waals surface area (Å²) in [5.74, 6) is 0.887. The smallest absolute Gasteiger partial charge is 0.220 e. The normalized spacial score (nSPS) is 12.5. The Morgan fingerprint density at radius 1 is 1.19 bits per heavy atom. The van der Waals surface area contributed by atoms with Crippen molar-refractivity contribution in [3.63, 3.8) is 0 Å². The van der Waals surface area contributed by atoms with E-state index in [1.807, 2.05) is 31.5 Å². The maximum Gasteiger partial charge on any atom is 0.220 e. The van der Waals surface area contributed by atoms with Crippen LogP contribution >= 0.6 is 0 Å². The van der Waals surface area contributed by atoms with Crippen molar-refractivity contribution >= 4 is 16.9 Å². The highest BCUT2D eigenvalue weighted by molar-refractivity contribution is 5.78. The van der Waals surface area contributed by atoms with E-state index in [0.717, 1.165) is 28.2 Å². The van der Waals surface area contributed by atoms with Gasteiger partial charge in [-0.25, -0.2) is 4.98 Å². The van der Waals surface area contributed by atoms with Crippen molar-refractivity contribution in [2.45, 2.75) is 60.0 Å². The molecule has 2 heterocycles. The average Bonchev–Trinajstić information content (AvgIpc) is 3.08. The van der Waals surface area contributed by atoms with Crippen LogP contribution in [0.15, 0.2) is 18.2 Å². The topological polar surface area (TPSA) is 75.6 Å². The first-order valence-corrected chi connectivity index (χ1v) is 9.08. The molecule has 0 saturated carbocycles. The van der Waals surface area contributed by atoms with E-state index in [-0.39, 0.29) is 11.9 Å². The Balaban J connectivity index is 1.54. The number of H-pyrrole nitrogens is 1. The second-order valence-electron chi connectivity index (χ2n) is 7.21. The van der Waals surface area contributed by atoms with Crippen molar-refractivity contribution in [3.8, 4) is 0 Å². The van der Waals surface area contributed by atoms with Crippen LogP contribution in [0.25, 0.3) is 11.0 Å². The molecular weight excluding hydrogens is 326 g/mol. The molecule has 0 unspecified atom stereocenters. The first kappa shape index (κ1) is 18.2. The largest absolute Gasteiger partial charge is 0.352 e. The lowest BCUT2D eigenvalue weighted by Gasteiger charge is -2.14. The van der Waals surface area contributed by atoms with E-state index >= 15 is 0 Å². The number of hydrogen-bond acceptors (Lipinski definition) is 3. The molecule has 138 valence electrons. The van der Waals surface area contributed by atoms with Gasteiger partial charge < -0.3 is 10.3 Å². The molecule has 1 atom stereocenters. The van der Waals surface area contributed by atoms with E-state index in [4.69, 9.17) is 0 Å². The molecule has 6 nitrogen and oxygen atoms in total. The maximum atomic E-state index is 12.2. The van der Waals surface area contributed by atoms with Crippen molar-refractivity contribution in [2.24, 2.45) is 0 Å². The Morgan fingerprint density at radius 3 is 2.62 bits per heavy atom. The highest BCUT2D eigenvalue weighted by Gasteiger charge is 2.12. The molecule has 0 aliphatic rings. The molecule has 0 bridgehead atoms. The molecule has 0 aliphatic carbocycles. The van der Waals surface area contributed by atoms with Crippen LogP contribution < -0.4 is 5.32 Å². The lowest BCUT2D eigenvalue weighted by Crippen LogP contribution is -2.36. The Kier molecular flexibility index (Phi) is 5.11. The summed E-state index contributed by atoms with van der Waals surface area (Å²) in [5, 5.41) is 7.49. The summed E-state index contributed by atoms with van der Waals surface area (Å²) in [6.45, 7) is 10.9. The van der Waals surface area contributed by atoms with E-state index in [1.54, 1.807) is 0 Å². The van der Waals surface area contributed by atoms with Crippen LogP contribution in [0, 0.1) is 27.7 Å². The van der Waals surface area contributed by atoms with Gasteiger partial charge in [0.1, 0.15) is 5.82 Å². The molecule has 26 heavy (non-hydrogen) atoms. The summed E-state index contributed by atoms with van der Waals surface area (Å²) < 4.78 is 1.93. The lowest BCUT2D eigenvalue weighted by atomic mass is 10.1. The quantitative estimate of drug-likeness (QED) is 0.715. The van der Waals surface area contributed by atoms with Crippen molar-refractivity contribution in [3.05, 3.63) is 46.5 Å². The summed E-state index contributed by atoms with van der Waals surface area (Å²) >= 11 is 0. The fraction of sp³-hybridized carbons (Fsp3) is 0.450. The Hall–Kier alpha value is -2.63. The van der Waals surface area contributed by atoms with Crippen LogP contribution in [0.2, 0.25) is 0 Å². The second-order valence-corrected chi connectivity index (χ2v) is 7.21.